The molecule has 0 radical (unpaired) electrons. The van der Waals surface area contributed by atoms with Gasteiger partial charge in [0.15, 0.2) is 0 Å². The van der Waals surface area contributed by atoms with E-state index in [2.05, 4.69) is 68.9 Å². The lowest BCUT2D eigenvalue weighted by Gasteiger charge is -2.46. The van der Waals surface area contributed by atoms with E-state index in [4.69, 9.17) is 0 Å². The molecular formula is C25H28N6O. The predicted octanol–water partition coefficient (Wildman–Crippen LogP) is 3.02. The van der Waals surface area contributed by atoms with Crippen LogP contribution in [-0.2, 0) is 6.42 Å². The van der Waals surface area contributed by atoms with Crippen LogP contribution in [0.1, 0.15) is 35.6 Å². The van der Waals surface area contributed by atoms with Crippen molar-refractivity contribution in [1.82, 2.24) is 29.9 Å². The quantitative estimate of drug-likeness (QED) is 0.697. The van der Waals surface area contributed by atoms with Crippen molar-refractivity contribution in [3.05, 3.63) is 77.9 Å². The van der Waals surface area contributed by atoms with Crippen molar-refractivity contribution in [3.63, 3.8) is 0 Å². The highest BCUT2D eigenvalue weighted by atomic mass is 16.2. The zero-order valence-electron chi connectivity index (χ0n) is 18.1. The van der Waals surface area contributed by atoms with E-state index in [1.54, 1.807) is 12.7 Å². The third kappa shape index (κ3) is 3.46. The fourth-order valence-electron chi connectivity index (χ4n) is 5.68. The van der Waals surface area contributed by atoms with E-state index < -0.39 is 0 Å². The maximum Gasteiger partial charge on any atom is 0.318 e. The summed E-state index contributed by atoms with van der Waals surface area (Å²) in [5.74, 6) is 0.613. The van der Waals surface area contributed by atoms with Gasteiger partial charge in [-0.15, -0.1) is 10.2 Å². The van der Waals surface area contributed by atoms with Gasteiger partial charge in [0.2, 0.25) is 0 Å². The summed E-state index contributed by atoms with van der Waals surface area (Å²) in [7, 11) is 0. The Labute approximate surface area is 188 Å². The second-order valence-corrected chi connectivity index (χ2v) is 9.20. The van der Waals surface area contributed by atoms with Crippen molar-refractivity contribution in [2.45, 2.75) is 31.3 Å². The maximum atomic E-state index is 13.6. The monoisotopic (exact) mass is 428 g/mol. The van der Waals surface area contributed by atoms with E-state index in [1.165, 1.54) is 37.1 Å². The van der Waals surface area contributed by atoms with Crippen molar-refractivity contribution >= 4 is 6.03 Å². The number of hydrogen-bond donors (Lipinski definition) is 1. The number of benzene rings is 2. The highest BCUT2D eigenvalue weighted by molar-refractivity contribution is 5.76. The number of fused-ring (bicyclic) bond motifs is 4. The molecule has 164 valence electrons. The van der Waals surface area contributed by atoms with Crippen LogP contribution in [0.3, 0.4) is 0 Å². The summed E-state index contributed by atoms with van der Waals surface area (Å²) >= 11 is 0. The van der Waals surface area contributed by atoms with Gasteiger partial charge < -0.3 is 15.1 Å². The largest absolute Gasteiger partial charge is 0.334 e. The van der Waals surface area contributed by atoms with Crippen LogP contribution in [0.2, 0.25) is 0 Å². The normalized spacial score (nSPS) is 26.6. The molecule has 7 heteroatoms. The first-order valence-corrected chi connectivity index (χ1v) is 11.6. The molecule has 2 amide bonds. The molecule has 3 saturated heterocycles. The molecule has 32 heavy (non-hydrogen) atoms. The Morgan fingerprint density at radius 1 is 0.938 bits per heavy atom. The van der Waals surface area contributed by atoms with Crippen LogP contribution < -0.4 is 5.32 Å². The molecule has 1 N–H and O–H groups in total. The Balaban J connectivity index is 1.30. The van der Waals surface area contributed by atoms with Gasteiger partial charge in [0, 0.05) is 24.8 Å². The zero-order valence-corrected chi connectivity index (χ0v) is 18.1. The van der Waals surface area contributed by atoms with Gasteiger partial charge in [-0.2, -0.15) is 0 Å². The molecule has 2 bridgehead atoms. The number of hydrogen-bond acceptors (Lipinski definition) is 4. The molecule has 2 aromatic carbocycles. The summed E-state index contributed by atoms with van der Waals surface area (Å²) in [6.07, 6.45) is 6.67. The van der Waals surface area contributed by atoms with Crippen molar-refractivity contribution in [3.8, 4) is 5.69 Å². The molecule has 7 rings (SSSR count). The average molecular weight is 429 g/mol. The average Bonchev–Trinajstić information content (AvgIpc) is 3.39. The first-order chi connectivity index (χ1) is 15.8. The predicted molar refractivity (Wildman–Crippen MR) is 122 cm³/mol. The highest BCUT2D eigenvalue weighted by Crippen LogP contribution is 2.36. The van der Waals surface area contributed by atoms with Crippen LogP contribution in [-0.4, -0.2) is 62.8 Å². The first kappa shape index (κ1) is 19.5. The topological polar surface area (TPSA) is 66.3 Å². The molecule has 4 aliphatic rings. The van der Waals surface area contributed by atoms with Crippen molar-refractivity contribution < 1.29 is 4.79 Å². The van der Waals surface area contributed by atoms with Crippen molar-refractivity contribution in [2.24, 2.45) is 5.92 Å². The van der Waals surface area contributed by atoms with Gasteiger partial charge in [0.1, 0.15) is 12.7 Å². The molecule has 5 heterocycles. The summed E-state index contributed by atoms with van der Waals surface area (Å²) in [5.41, 5.74) is 4.68. The fraction of sp³-hybridized carbons (Fsp3) is 0.400. The van der Waals surface area contributed by atoms with E-state index in [0.717, 1.165) is 30.8 Å². The van der Waals surface area contributed by atoms with Gasteiger partial charge in [0.05, 0.1) is 6.04 Å². The number of amides is 2. The Morgan fingerprint density at radius 2 is 1.69 bits per heavy atom. The summed E-state index contributed by atoms with van der Waals surface area (Å²) in [6.45, 7) is 4.06. The number of rotatable bonds is 3. The fourth-order valence-corrected chi connectivity index (χ4v) is 5.68. The van der Waals surface area contributed by atoms with Gasteiger partial charge in [0.25, 0.3) is 0 Å². The highest BCUT2D eigenvalue weighted by Gasteiger charge is 2.38. The van der Waals surface area contributed by atoms with Crippen molar-refractivity contribution in [2.75, 3.05) is 26.2 Å². The van der Waals surface area contributed by atoms with E-state index in [0.29, 0.717) is 5.92 Å². The summed E-state index contributed by atoms with van der Waals surface area (Å²) in [4.78, 5) is 18.1. The Bertz CT molecular complexity index is 1090. The van der Waals surface area contributed by atoms with Gasteiger partial charge in [-0.3, -0.25) is 4.57 Å². The zero-order chi connectivity index (χ0) is 21.5. The number of nitrogens with one attached hydrogen (secondary N) is 1. The van der Waals surface area contributed by atoms with E-state index in [1.807, 2.05) is 9.47 Å². The van der Waals surface area contributed by atoms with Gasteiger partial charge in [-0.25, -0.2) is 4.79 Å². The third-order valence-corrected chi connectivity index (χ3v) is 7.44. The first-order valence-electron chi connectivity index (χ1n) is 11.6. The molecule has 4 aliphatic heterocycles. The van der Waals surface area contributed by atoms with Gasteiger partial charge in [-0.1, -0.05) is 36.4 Å². The van der Waals surface area contributed by atoms with Crippen LogP contribution in [0.15, 0.2) is 61.2 Å². The van der Waals surface area contributed by atoms with Crippen LogP contribution >= 0.6 is 0 Å². The number of piperidine rings is 3. The van der Waals surface area contributed by atoms with Crippen LogP contribution in [0.4, 0.5) is 4.79 Å². The second kappa shape index (κ2) is 8.06. The molecule has 7 nitrogen and oxygen atoms in total. The molecule has 3 aromatic rings. The molecule has 3 fully saturated rings. The molecule has 2 atom stereocenters. The lowest BCUT2D eigenvalue weighted by Crippen LogP contribution is -2.59. The summed E-state index contributed by atoms with van der Waals surface area (Å²) in [5, 5.41) is 11.2. The number of nitrogens with zero attached hydrogens (tertiary/aromatic N) is 5. The molecule has 0 saturated carbocycles. The summed E-state index contributed by atoms with van der Waals surface area (Å²) in [6, 6.07) is 17.1. The van der Waals surface area contributed by atoms with Gasteiger partial charge in [-0.05, 0) is 67.1 Å². The van der Waals surface area contributed by atoms with Crippen LogP contribution in [0.5, 0.6) is 0 Å². The van der Waals surface area contributed by atoms with Gasteiger partial charge >= 0.3 is 6.03 Å². The number of urea groups is 1. The molecule has 0 spiro atoms. The second-order valence-electron chi connectivity index (χ2n) is 9.20. The van der Waals surface area contributed by atoms with E-state index in [9.17, 15) is 4.79 Å². The lowest BCUT2D eigenvalue weighted by atomic mass is 9.84. The number of carbonyl (C=O) groups excluding carboxylic acids is 1. The standard InChI is InChI=1S/C25H28N6O/c32-25(28-23-15-29-12-9-19(23)10-13-29)31-14-11-18-3-1-2-4-22(18)24(31)20-5-7-21(8-6-20)30-16-26-27-17-30/h1-8,16-17,19,23-24H,9-15H2,(H,28,32)/t23-,24+/m1/s1. The maximum absolute atomic E-state index is 13.6. The molecule has 0 aliphatic carbocycles. The Morgan fingerprint density at radius 3 is 2.41 bits per heavy atom. The molecule has 1 aromatic heterocycles. The van der Waals surface area contributed by atoms with E-state index in [-0.39, 0.29) is 18.1 Å². The lowest BCUT2D eigenvalue weighted by molar-refractivity contribution is 0.0715. The molecule has 0 unspecified atom stereocenters. The third-order valence-electron chi connectivity index (χ3n) is 7.44. The van der Waals surface area contributed by atoms with Crippen LogP contribution in [0.25, 0.3) is 5.69 Å². The van der Waals surface area contributed by atoms with E-state index >= 15 is 0 Å². The number of carbonyl (C=O) groups is 1. The summed E-state index contributed by atoms with van der Waals surface area (Å²) < 4.78 is 1.89. The van der Waals surface area contributed by atoms with Crippen LogP contribution in [0, 0.1) is 5.92 Å². The minimum absolute atomic E-state index is 0.0612. The minimum Gasteiger partial charge on any atom is -0.334 e. The SMILES string of the molecule is O=C(N[C@@H]1CN2CCC1CC2)N1CCc2ccccc2[C@@H]1c1ccc(-n2cnnc2)cc1. The number of aromatic nitrogens is 3. The Hall–Kier alpha value is -3.19. The van der Waals surface area contributed by atoms with Crippen molar-refractivity contribution in [1.29, 1.82) is 0 Å². The Kier molecular flexibility index (Phi) is 4.91. The molecular weight excluding hydrogens is 400 g/mol. The smallest absolute Gasteiger partial charge is 0.318 e. The minimum atomic E-state index is -0.0870.